The largest absolute Gasteiger partial charge is 0.454 e. The summed E-state index contributed by atoms with van der Waals surface area (Å²) in [5.74, 6) is 0. The van der Waals surface area contributed by atoms with Gasteiger partial charge >= 0.3 is 0 Å². The summed E-state index contributed by atoms with van der Waals surface area (Å²) in [5, 5.41) is 0.734. The number of hydrogen-bond acceptors (Lipinski definition) is 5. The Morgan fingerprint density at radius 3 is 1.23 bits per heavy atom. The Kier molecular flexibility index (Phi) is 10.3. The first-order valence-electron chi connectivity index (χ1n) is 14.9. The van der Waals surface area contributed by atoms with E-state index in [0.29, 0.717) is 0 Å². The van der Waals surface area contributed by atoms with Crippen LogP contribution in [0, 0.1) is 0 Å². The van der Waals surface area contributed by atoms with Crippen LogP contribution in [0.4, 0.5) is 0 Å². The smallest absolute Gasteiger partial charge is 0.222 e. The first-order valence-corrected chi connectivity index (χ1v) is 20.9. The van der Waals surface area contributed by atoms with Crippen molar-refractivity contribution in [2.75, 3.05) is 0 Å². The second-order valence-electron chi connectivity index (χ2n) is 13.9. The third kappa shape index (κ3) is 8.40. The van der Waals surface area contributed by atoms with Gasteiger partial charge in [0.25, 0.3) is 0 Å². The second kappa shape index (κ2) is 13.3. The van der Waals surface area contributed by atoms with Crippen molar-refractivity contribution in [1.82, 2.24) is 19.9 Å². The maximum atomic E-state index is 7.62. The lowest BCUT2D eigenvalue weighted by atomic mass is 10.1. The van der Waals surface area contributed by atoms with Crippen molar-refractivity contribution < 1.29 is 4.12 Å². The summed E-state index contributed by atoms with van der Waals surface area (Å²) in [6.45, 7) is 19.2. The van der Waals surface area contributed by atoms with Crippen LogP contribution >= 0.6 is 23.2 Å². The summed E-state index contributed by atoms with van der Waals surface area (Å²) in [6.07, 6.45) is 5.37. The molecule has 2 atom stereocenters. The molecule has 0 spiro atoms. The summed E-state index contributed by atoms with van der Waals surface area (Å²) in [4.78, 5) is 16.7. The molecular weight excluding hydrogens is 607 g/mol. The van der Waals surface area contributed by atoms with E-state index in [-0.39, 0.29) is 20.6 Å². The van der Waals surface area contributed by atoms with Crippen LogP contribution in [-0.4, -0.2) is 36.6 Å². The van der Waals surface area contributed by atoms with E-state index in [0.717, 1.165) is 47.4 Å². The number of aryl methyl sites for hydroxylation is 2. The predicted octanol–water partition coefficient (Wildman–Crippen LogP) is 10.5. The third-order valence-electron chi connectivity index (χ3n) is 9.16. The Morgan fingerprint density at radius 2 is 0.930 bits per heavy atom. The molecule has 0 amide bonds. The molecule has 9 heteroatoms. The fraction of sp³-hybridized carbons (Fsp3) is 0.412. The Balaban J connectivity index is 1.48. The highest BCUT2D eigenvalue weighted by molar-refractivity contribution is 6.88. The van der Waals surface area contributed by atoms with Crippen molar-refractivity contribution in [3.63, 3.8) is 0 Å². The van der Waals surface area contributed by atoms with Gasteiger partial charge in [0.2, 0.25) is 10.6 Å². The van der Waals surface area contributed by atoms with Crippen LogP contribution in [0.5, 0.6) is 0 Å². The molecule has 0 saturated carbocycles. The zero-order valence-corrected chi connectivity index (χ0v) is 30.2. The summed E-state index contributed by atoms with van der Waals surface area (Å²) in [6, 6.07) is 23.3. The fourth-order valence-electron chi connectivity index (χ4n) is 5.10. The molecule has 4 rings (SSSR count). The van der Waals surface area contributed by atoms with Crippen molar-refractivity contribution >= 4 is 39.8 Å². The van der Waals surface area contributed by atoms with E-state index in [1.165, 1.54) is 11.1 Å². The number of halogens is 2. The molecular formula is C34H44Cl2N4OSi2. The van der Waals surface area contributed by atoms with E-state index in [9.17, 15) is 0 Å². The monoisotopic (exact) mass is 650 g/mol. The third-order valence-corrected chi connectivity index (χ3v) is 21.9. The van der Waals surface area contributed by atoms with E-state index < -0.39 is 16.6 Å². The predicted molar refractivity (Wildman–Crippen MR) is 186 cm³/mol. The van der Waals surface area contributed by atoms with Crippen LogP contribution < -0.4 is 0 Å². The number of hydrogen-bond donors (Lipinski definition) is 0. The summed E-state index contributed by atoms with van der Waals surface area (Å²) < 4.78 is 7.62. The van der Waals surface area contributed by atoms with Crippen molar-refractivity contribution in [3.8, 4) is 22.5 Å². The van der Waals surface area contributed by atoms with Gasteiger partial charge < -0.3 is 4.12 Å². The van der Waals surface area contributed by atoms with Gasteiger partial charge in [0.05, 0.1) is 11.4 Å². The van der Waals surface area contributed by atoms with Crippen LogP contribution in [0.1, 0.15) is 52.7 Å². The maximum absolute atomic E-state index is 7.62. The van der Waals surface area contributed by atoms with Gasteiger partial charge in [-0.15, -0.1) is 0 Å². The molecule has 43 heavy (non-hydrogen) atoms. The highest BCUT2D eigenvalue weighted by Gasteiger charge is 2.51. The fourth-order valence-corrected chi connectivity index (χ4v) is 15.7. The molecule has 4 aromatic rings. The standard InChI is InChI=1S/C34H44Cl2N4OSi2/c1-33(2,3)42(7,23-19-25-9-13-27(14-10-25)29-17-21-37-31(35)39-29)41-43(8,34(4,5)6)24-20-26-11-15-28(16-12-26)30-18-22-38-32(36)40-30/h9-18,21-22H,19-20,23-24H2,1-8H3. The Bertz CT molecular complexity index is 1410. The zero-order chi connectivity index (χ0) is 31.5. The lowest BCUT2D eigenvalue weighted by Crippen LogP contribution is -2.57. The number of rotatable bonds is 10. The summed E-state index contributed by atoms with van der Waals surface area (Å²) >= 11 is 12.0. The quantitative estimate of drug-likeness (QED) is 0.126. The number of aromatic nitrogens is 4. The van der Waals surface area contributed by atoms with Crippen LogP contribution in [0.25, 0.3) is 22.5 Å². The lowest BCUT2D eigenvalue weighted by Gasteiger charge is -2.50. The molecule has 0 aliphatic rings. The lowest BCUT2D eigenvalue weighted by molar-refractivity contribution is 0.431. The van der Waals surface area contributed by atoms with Gasteiger partial charge in [-0.05, 0) is 94.6 Å². The number of nitrogens with zero attached hydrogens (tertiary/aromatic N) is 4. The van der Waals surface area contributed by atoms with Gasteiger partial charge in [-0.25, -0.2) is 19.9 Å². The van der Waals surface area contributed by atoms with Crippen molar-refractivity contribution in [2.24, 2.45) is 0 Å². The minimum Gasteiger partial charge on any atom is -0.454 e. The van der Waals surface area contributed by atoms with Crippen LogP contribution in [0.15, 0.2) is 73.1 Å². The van der Waals surface area contributed by atoms with Crippen LogP contribution in [0.3, 0.4) is 0 Å². The van der Waals surface area contributed by atoms with Gasteiger partial charge in [-0.2, -0.15) is 0 Å². The van der Waals surface area contributed by atoms with E-state index in [1.54, 1.807) is 12.4 Å². The minimum absolute atomic E-state index is 0.102. The molecule has 0 N–H and O–H groups in total. The molecule has 2 aromatic heterocycles. The first-order chi connectivity index (χ1) is 20.1. The van der Waals surface area contributed by atoms with Gasteiger partial charge in [0.15, 0.2) is 16.6 Å². The maximum Gasteiger partial charge on any atom is 0.222 e. The average molecular weight is 652 g/mol. The van der Waals surface area contributed by atoms with Crippen molar-refractivity contribution in [1.29, 1.82) is 0 Å². The normalized spacial score (nSPS) is 15.1. The Labute approximate surface area is 269 Å². The van der Waals surface area contributed by atoms with Gasteiger partial charge in [-0.3, -0.25) is 0 Å². The van der Waals surface area contributed by atoms with E-state index in [1.807, 2.05) is 12.1 Å². The van der Waals surface area contributed by atoms with Crippen molar-refractivity contribution in [2.45, 2.75) is 89.6 Å². The average Bonchev–Trinajstić information content (AvgIpc) is 2.94. The van der Waals surface area contributed by atoms with Gasteiger partial charge in [-0.1, -0.05) is 90.1 Å². The summed E-state index contributed by atoms with van der Waals surface area (Å²) in [5.41, 5.74) is 6.40. The molecule has 0 bridgehead atoms. The zero-order valence-electron chi connectivity index (χ0n) is 26.7. The molecule has 2 unspecified atom stereocenters. The van der Waals surface area contributed by atoms with Gasteiger partial charge in [0.1, 0.15) is 0 Å². The topological polar surface area (TPSA) is 60.8 Å². The summed E-state index contributed by atoms with van der Waals surface area (Å²) in [7, 11) is -4.33. The molecule has 0 aliphatic heterocycles. The highest BCUT2D eigenvalue weighted by Crippen LogP contribution is 2.48. The highest BCUT2D eigenvalue weighted by atomic mass is 35.5. The molecule has 228 valence electrons. The van der Waals surface area contributed by atoms with E-state index in [4.69, 9.17) is 27.3 Å². The van der Waals surface area contributed by atoms with E-state index >= 15 is 0 Å². The molecule has 0 fully saturated rings. The molecule has 0 radical (unpaired) electrons. The van der Waals surface area contributed by atoms with Crippen LogP contribution in [-0.2, 0) is 17.0 Å². The van der Waals surface area contributed by atoms with E-state index in [2.05, 4.69) is 123 Å². The first kappa shape index (κ1) is 33.5. The molecule has 0 saturated heterocycles. The molecule has 2 aromatic carbocycles. The SMILES string of the molecule is CC(C)(C)[Si](C)(CCc1ccc(-c2ccnc(Cl)n2)cc1)O[Si](C)(CCc1ccc(-c2ccnc(Cl)n2)cc1)C(C)(C)C. The van der Waals surface area contributed by atoms with Crippen LogP contribution in [0.2, 0.25) is 45.8 Å². The Morgan fingerprint density at radius 1 is 0.581 bits per heavy atom. The Hall–Kier alpha value is -2.43. The molecule has 5 nitrogen and oxygen atoms in total. The number of benzene rings is 2. The molecule has 0 aliphatic carbocycles. The van der Waals surface area contributed by atoms with Crippen molar-refractivity contribution in [3.05, 3.63) is 94.8 Å². The second-order valence-corrected chi connectivity index (χ2v) is 24.3. The minimum atomic E-state index is -2.16. The molecule has 2 heterocycles. The van der Waals surface area contributed by atoms with Gasteiger partial charge in [0, 0.05) is 23.5 Å².